The highest BCUT2D eigenvalue weighted by atomic mass is 16.6. The second-order valence-corrected chi connectivity index (χ2v) is 4.83. The Morgan fingerprint density at radius 2 is 1.94 bits per heavy atom. The monoisotopic (exact) mass is 240 g/mol. The number of rotatable bonds is 7. The molecule has 0 heterocycles. The van der Waals surface area contributed by atoms with Crippen molar-refractivity contribution >= 4 is 5.97 Å². The van der Waals surface area contributed by atoms with Crippen molar-refractivity contribution in [3.05, 3.63) is 0 Å². The summed E-state index contributed by atoms with van der Waals surface area (Å²) >= 11 is 0. The van der Waals surface area contributed by atoms with Crippen molar-refractivity contribution in [1.82, 2.24) is 0 Å². The van der Waals surface area contributed by atoms with Crippen molar-refractivity contribution in [2.24, 2.45) is 0 Å². The summed E-state index contributed by atoms with van der Waals surface area (Å²) in [4.78, 5) is 10.9. The summed E-state index contributed by atoms with van der Waals surface area (Å²) in [6.07, 6.45) is 8.78. The number of terminal acetylenes is 1. The molecule has 0 rings (SSSR count). The van der Waals surface area contributed by atoms with Gasteiger partial charge in [-0.05, 0) is 39.5 Å². The van der Waals surface area contributed by atoms with E-state index < -0.39 is 5.60 Å². The normalized spacial score (nSPS) is 17.6. The number of carbonyl (C=O) groups is 1. The number of carbonyl (C=O) groups excluding carboxylic acids is 1. The van der Waals surface area contributed by atoms with E-state index in [1.54, 1.807) is 14.0 Å². The molecule has 0 aromatic heterocycles. The minimum Gasteiger partial charge on any atom is -0.446 e. The van der Waals surface area contributed by atoms with Gasteiger partial charge in [-0.15, -0.1) is 6.42 Å². The molecule has 17 heavy (non-hydrogen) atoms. The lowest BCUT2D eigenvalue weighted by Gasteiger charge is -2.29. The molecule has 0 aromatic rings. The van der Waals surface area contributed by atoms with Crippen LogP contribution in [-0.4, -0.2) is 24.3 Å². The van der Waals surface area contributed by atoms with Crippen LogP contribution < -0.4 is 0 Å². The highest BCUT2D eigenvalue weighted by molar-refractivity contribution is 5.67. The highest BCUT2D eigenvalue weighted by Gasteiger charge is 2.27. The third kappa shape index (κ3) is 5.74. The van der Waals surface area contributed by atoms with Gasteiger partial charge in [0.05, 0.1) is 5.60 Å². The van der Waals surface area contributed by atoms with E-state index in [-0.39, 0.29) is 11.6 Å². The number of hydrogen-bond donors (Lipinski definition) is 0. The molecule has 0 radical (unpaired) electrons. The molecule has 0 unspecified atom stereocenters. The van der Waals surface area contributed by atoms with Gasteiger partial charge in [0.25, 0.3) is 0 Å². The first-order valence-corrected chi connectivity index (χ1v) is 6.03. The number of hydrogen-bond acceptors (Lipinski definition) is 3. The van der Waals surface area contributed by atoms with Crippen molar-refractivity contribution < 1.29 is 14.3 Å². The Kier molecular flexibility index (Phi) is 6.26. The minimum absolute atomic E-state index is 0.119. The van der Waals surface area contributed by atoms with Gasteiger partial charge in [-0.1, -0.05) is 12.8 Å². The maximum Gasteiger partial charge on any atom is 0.304 e. The van der Waals surface area contributed by atoms with Crippen LogP contribution in [0, 0.1) is 12.3 Å². The minimum atomic E-state index is -0.797. The maximum atomic E-state index is 10.9. The molecular formula is C14H24O3. The van der Waals surface area contributed by atoms with Gasteiger partial charge in [0.2, 0.25) is 0 Å². The lowest BCUT2D eigenvalue weighted by Crippen LogP contribution is -2.31. The van der Waals surface area contributed by atoms with Crippen LogP contribution in [0.3, 0.4) is 0 Å². The van der Waals surface area contributed by atoms with E-state index in [4.69, 9.17) is 15.9 Å². The lowest BCUT2D eigenvalue weighted by molar-refractivity contribution is -0.150. The van der Waals surface area contributed by atoms with E-state index in [9.17, 15) is 4.79 Å². The summed E-state index contributed by atoms with van der Waals surface area (Å²) < 4.78 is 10.6. The summed E-state index contributed by atoms with van der Waals surface area (Å²) in [6, 6.07) is 0. The zero-order chi connectivity index (χ0) is 13.5. The fraction of sp³-hybridized carbons (Fsp3) is 0.786. The average molecular weight is 240 g/mol. The van der Waals surface area contributed by atoms with Gasteiger partial charge in [0.1, 0.15) is 0 Å². The summed E-state index contributed by atoms with van der Waals surface area (Å²) in [5.41, 5.74) is -0.917. The Morgan fingerprint density at radius 1 is 1.35 bits per heavy atom. The molecule has 98 valence electrons. The van der Waals surface area contributed by atoms with Crippen LogP contribution in [0.4, 0.5) is 0 Å². The Balaban J connectivity index is 4.26. The van der Waals surface area contributed by atoms with Crippen molar-refractivity contribution in [3.63, 3.8) is 0 Å². The quantitative estimate of drug-likeness (QED) is 0.507. The van der Waals surface area contributed by atoms with Crippen LogP contribution in [0.2, 0.25) is 0 Å². The number of methoxy groups -OCH3 is 1. The molecule has 0 saturated heterocycles. The molecule has 0 aromatic carbocycles. The van der Waals surface area contributed by atoms with E-state index in [1.165, 1.54) is 6.92 Å². The van der Waals surface area contributed by atoms with Crippen molar-refractivity contribution in [3.8, 4) is 12.3 Å². The molecule has 0 N–H and O–H groups in total. The van der Waals surface area contributed by atoms with E-state index in [0.29, 0.717) is 6.42 Å². The van der Waals surface area contributed by atoms with E-state index in [2.05, 4.69) is 19.8 Å². The van der Waals surface area contributed by atoms with Crippen LogP contribution in [0.25, 0.3) is 0 Å². The zero-order valence-corrected chi connectivity index (χ0v) is 11.6. The fourth-order valence-electron chi connectivity index (χ4n) is 1.69. The molecule has 0 spiro atoms. The van der Waals surface area contributed by atoms with Crippen LogP contribution >= 0.6 is 0 Å². The van der Waals surface area contributed by atoms with Crippen LogP contribution in [-0.2, 0) is 14.3 Å². The molecule has 3 heteroatoms. The standard InChI is InChI=1S/C14H24O3/c1-7-13(4,16-6)10-9-11-14(5,8-2)17-12(3)15/h2H,7,9-11H2,1,3-6H3/t13-,14-/m0/s1. The second kappa shape index (κ2) is 6.66. The van der Waals surface area contributed by atoms with E-state index >= 15 is 0 Å². The van der Waals surface area contributed by atoms with Crippen molar-refractivity contribution in [2.75, 3.05) is 7.11 Å². The zero-order valence-electron chi connectivity index (χ0n) is 11.6. The Hall–Kier alpha value is -1.01. The SMILES string of the molecule is C#C[C@@](C)(CCC[C@](C)(CC)OC)OC(C)=O. The van der Waals surface area contributed by atoms with Gasteiger partial charge in [-0.3, -0.25) is 4.79 Å². The summed E-state index contributed by atoms with van der Waals surface area (Å²) in [6.45, 7) is 7.31. The average Bonchev–Trinajstić information content (AvgIpc) is 2.28. The van der Waals surface area contributed by atoms with Gasteiger partial charge in [-0.25, -0.2) is 0 Å². The number of ether oxygens (including phenoxy) is 2. The molecule has 0 amide bonds. The van der Waals surface area contributed by atoms with E-state index in [1.807, 2.05) is 0 Å². The van der Waals surface area contributed by atoms with Crippen LogP contribution in [0.5, 0.6) is 0 Å². The molecule has 3 nitrogen and oxygen atoms in total. The third-order valence-corrected chi connectivity index (χ3v) is 3.27. The molecular weight excluding hydrogens is 216 g/mol. The summed E-state index contributed by atoms with van der Waals surface area (Å²) in [7, 11) is 1.72. The fourth-order valence-corrected chi connectivity index (χ4v) is 1.69. The first kappa shape index (κ1) is 16.0. The third-order valence-electron chi connectivity index (χ3n) is 3.27. The van der Waals surface area contributed by atoms with Gasteiger partial charge in [0, 0.05) is 14.0 Å². The Bertz CT molecular complexity index is 286. The smallest absolute Gasteiger partial charge is 0.304 e. The molecule has 2 atom stereocenters. The molecule has 0 aliphatic carbocycles. The highest BCUT2D eigenvalue weighted by Crippen LogP contribution is 2.25. The summed E-state index contributed by atoms with van der Waals surface area (Å²) in [5, 5.41) is 0. The molecule has 0 saturated carbocycles. The first-order chi connectivity index (χ1) is 7.81. The molecule has 0 aliphatic rings. The Morgan fingerprint density at radius 3 is 2.29 bits per heavy atom. The van der Waals surface area contributed by atoms with Gasteiger partial charge >= 0.3 is 5.97 Å². The largest absolute Gasteiger partial charge is 0.446 e. The summed E-state index contributed by atoms with van der Waals surface area (Å²) in [5.74, 6) is 2.21. The van der Waals surface area contributed by atoms with Gasteiger partial charge in [0.15, 0.2) is 5.60 Å². The van der Waals surface area contributed by atoms with Gasteiger partial charge in [-0.2, -0.15) is 0 Å². The topological polar surface area (TPSA) is 35.5 Å². The van der Waals surface area contributed by atoms with E-state index in [0.717, 1.165) is 19.3 Å². The molecule has 0 aliphatic heterocycles. The van der Waals surface area contributed by atoms with Crippen molar-refractivity contribution in [1.29, 1.82) is 0 Å². The first-order valence-electron chi connectivity index (χ1n) is 6.03. The van der Waals surface area contributed by atoms with Crippen molar-refractivity contribution in [2.45, 2.75) is 64.6 Å². The van der Waals surface area contributed by atoms with Crippen LogP contribution in [0.1, 0.15) is 53.4 Å². The van der Waals surface area contributed by atoms with Gasteiger partial charge < -0.3 is 9.47 Å². The van der Waals surface area contributed by atoms with Crippen LogP contribution in [0.15, 0.2) is 0 Å². The maximum absolute atomic E-state index is 10.9. The predicted molar refractivity (Wildman–Crippen MR) is 68.6 cm³/mol. The molecule has 0 bridgehead atoms. The number of esters is 1. The molecule has 0 fully saturated rings. The lowest BCUT2D eigenvalue weighted by atomic mass is 9.91. The second-order valence-electron chi connectivity index (χ2n) is 4.83. The Labute approximate surface area is 105 Å². The predicted octanol–water partition coefficient (Wildman–Crippen LogP) is 2.93.